The van der Waals surface area contributed by atoms with E-state index in [1.165, 1.54) is 17.9 Å². The highest BCUT2D eigenvalue weighted by Gasteiger charge is 2.25. The van der Waals surface area contributed by atoms with E-state index in [2.05, 4.69) is 22.0 Å². The predicted octanol–water partition coefficient (Wildman–Crippen LogP) is 2.80. The topological polar surface area (TPSA) is 23.6 Å². The lowest BCUT2D eigenvalue weighted by atomic mass is 10.2. The Morgan fingerprint density at radius 1 is 1.29 bits per heavy atom. The van der Waals surface area contributed by atoms with Crippen LogP contribution >= 0.6 is 23.1 Å². The van der Waals surface area contributed by atoms with Gasteiger partial charge in [0.05, 0.1) is 0 Å². The van der Waals surface area contributed by atoms with Crippen LogP contribution in [0.3, 0.4) is 0 Å². The first-order valence-corrected chi connectivity index (χ1v) is 9.73. The molecule has 2 aliphatic heterocycles. The lowest BCUT2D eigenvalue weighted by Gasteiger charge is -2.26. The van der Waals surface area contributed by atoms with Crippen molar-refractivity contribution in [2.45, 2.75) is 18.9 Å². The Bertz CT molecular complexity index is 480. The Kier molecular flexibility index (Phi) is 5.38. The summed E-state index contributed by atoms with van der Waals surface area (Å²) in [6.45, 7) is 3.93. The van der Waals surface area contributed by atoms with Gasteiger partial charge in [-0.05, 0) is 47.1 Å². The fourth-order valence-corrected chi connectivity index (χ4v) is 4.86. The first kappa shape index (κ1) is 15.1. The van der Waals surface area contributed by atoms with Gasteiger partial charge in [0.1, 0.15) is 0 Å². The average Bonchev–Trinajstić information content (AvgIpc) is 3.15. The summed E-state index contributed by atoms with van der Waals surface area (Å²) >= 11 is 3.72. The lowest BCUT2D eigenvalue weighted by Crippen LogP contribution is -2.39. The van der Waals surface area contributed by atoms with Crippen LogP contribution in [-0.2, 0) is 4.79 Å². The van der Waals surface area contributed by atoms with Gasteiger partial charge in [0.25, 0.3) is 0 Å². The smallest absolute Gasteiger partial charge is 0.246 e. The van der Waals surface area contributed by atoms with Crippen molar-refractivity contribution >= 4 is 35.1 Å². The molecule has 3 rings (SSSR count). The van der Waals surface area contributed by atoms with Crippen LogP contribution in [0, 0.1) is 0 Å². The molecule has 0 spiro atoms. The number of rotatable bonds is 3. The molecule has 1 atom stereocenters. The molecule has 2 aliphatic rings. The van der Waals surface area contributed by atoms with E-state index < -0.39 is 0 Å². The molecule has 1 aromatic rings. The average molecular weight is 322 g/mol. The van der Waals surface area contributed by atoms with Crippen molar-refractivity contribution in [1.82, 2.24) is 9.80 Å². The number of thiophene rings is 1. The monoisotopic (exact) mass is 322 g/mol. The molecule has 1 amide bonds. The molecule has 5 heteroatoms. The van der Waals surface area contributed by atoms with Gasteiger partial charge in [-0.15, -0.1) is 0 Å². The van der Waals surface area contributed by atoms with Gasteiger partial charge >= 0.3 is 0 Å². The van der Waals surface area contributed by atoms with Crippen molar-refractivity contribution in [3.8, 4) is 0 Å². The van der Waals surface area contributed by atoms with Crippen molar-refractivity contribution in [1.29, 1.82) is 0 Å². The Labute approximate surface area is 135 Å². The Morgan fingerprint density at radius 3 is 3.00 bits per heavy atom. The first-order chi connectivity index (χ1) is 10.3. The van der Waals surface area contributed by atoms with Crippen molar-refractivity contribution in [3.63, 3.8) is 0 Å². The Morgan fingerprint density at radius 2 is 2.24 bits per heavy atom. The maximum absolute atomic E-state index is 12.3. The second-order valence-electron chi connectivity index (χ2n) is 5.62. The van der Waals surface area contributed by atoms with E-state index in [9.17, 15) is 4.79 Å². The molecule has 114 valence electrons. The van der Waals surface area contributed by atoms with E-state index >= 15 is 0 Å². The summed E-state index contributed by atoms with van der Waals surface area (Å²) in [5.41, 5.74) is 1.12. The second kappa shape index (κ2) is 7.47. The molecule has 2 fully saturated rings. The number of hydrogen-bond donors (Lipinski definition) is 0. The van der Waals surface area contributed by atoms with Crippen LogP contribution in [0.1, 0.15) is 18.4 Å². The molecular weight excluding hydrogens is 300 g/mol. The van der Waals surface area contributed by atoms with Crippen LogP contribution in [0.25, 0.3) is 6.08 Å². The van der Waals surface area contributed by atoms with Gasteiger partial charge in [0.2, 0.25) is 5.91 Å². The molecule has 2 saturated heterocycles. The summed E-state index contributed by atoms with van der Waals surface area (Å²) in [6.07, 6.45) is 6.06. The molecule has 0 aliphatic carbocycles. The molecule has 3 heterocycles. The van der Waals surface area contributed by atoms with Gasteiger partial charge < -0.3 is 4.90 Å². The number of carbonyl (C=O) groups is 1. The summed E-state index contributed by atoms with van der Waals surface area (Å²) in [7, 11) is 0. The van der Waals surface area contributed by atoms with Crippen molar-refractivity contribution in [2.24, 2.45) is 0 Å². The third kappa shape index (κ3) is 4.11. The number of carbonyl (C=O) groups excluding carboxylic acids is 1. The molecule has 0 radical (unpaired) electrons. The van der Waals surface area contributed by atoms with Gasteiger partial charge in [-0.25, -0.2) is 0 Å². The summed E-state index contributed by atoms with van der Waals surface area (Å²) in [6, 6.07) is 2.78. The zero-order chi connectivity index (χ0) is 14.5. The SMILES string of the molecule is O=C(C=Cc1ccsc1)N1CCCN(C2CCSC2)CC1. The minimum Gasteiger partial charge on any atom is -0.338 e. The quantitative estimate of drug-likeness (QED) is 0.800. The van der Waals surface area contributed by atoms with Crippen LogP contribution in [0.4, 0.5) is 0 Å². The van der Waals surface area contributed by atoms with Crippen LogP contribution in [-0.4, -0.2) is 59.4 Å². The van der Waals surface area contributed by atoms with Gasteiger partial charge in [0, 0.05) is 44.0 Å². The van der Waals surface area contributed by atoms with E-state index in [0.29, 0.717) is 0 Å². The van der Waals surface area contributed by atoms with Crippen molar-refractivity contribution < 1.29 is 4.79 Å². The van der Waals surface area contributed by atoms with E-state index in [1.54, 1.807) is 17.4 Å². The molecule has 0 aromatic carbocycles. The van der Waals surface area contributed by atoms with Gasteiger partial charge in [-0.2, -0.15) is 23.1 Å². The van der Waals surface area contributed by atoms with Crippen LogP contribution in [0.5, 0.6) is 0 Å². The summed E-state index contributed by atoms with van der Waals surface area (Å²) in [4.78, 5) is 16.9. The standard InChI is InChI=1S/C16H22N2OS2/c19-16(3-2-14-4-10-20-12-14)18-7-1-6-17(8-9-18)15-5-11-21-13-15/h2-4,10,12,15H,1,5-9,11,13H2. The molecule has 21 heavy (non-hydrogen) atoms. The van der Waals surface area contributed by atoms with Crippen molar-refractivity contribution in [2.75, 3.05) is 37.7 Å². The third-order valence-corrected chi connectivity index (χ3v) is 6.07. The second-order valence-corrected chi connectivity index (χ2v) is 7.55. The highest BCUT2D eigenvalue weighted by atomic mass is 32.2. The summed E-state index contributed by atoms with van der Waals surface area (Å²) in [5, 5.41) is 4.10. The van der Waals surface area contributed by atoms with E-state index in [-0.39, 0.29) is 5.91 Å². The minimum atomic E-state index is 0.156. The van der Waals surface area contributed by atoms with Gasteiger partial charge in [-0.1, -0.05) is 0 Å². The van der Waals surface area contributed by atoms with Crippen LogP contribution in [0.2, 0.25) is 0 Å². The summed E-state index contributed by atoms with van der Waals surface area (Å²) < 4.78 is 0. The zero-order valence-electron chi connectivity index (χ0n) is 12.2. The molecular formula is C16H22N2OS2. The largest absolute Gasteiger partial charge is 0.338 e. The van der Waals surface area contributed by atoms with Gasteiger partial charge in [0.15, 0.2) is 0 Å². The fourth-order valence-electron chi connectivity index (χ4n) is 2.98. The fraction of sp³-hybridized carbons (Fsp3) is 0.562. The number of thioether (sulfide) groups is 1. The maximum Gasteiger partial charge on any atom is 0.246 e. The molecule has 3 nitrogen and oxygen atoms in total. The molecule has 0 bridgehead atoms. The molecule has 1 aromatic heterocycles. The predicted molar refractivity (Wildman–Crippen MR) is 91.9 cm³/mol. The summed E-state index contributed by atoms with van der Waals surface area (Å²) in [5.74, 6) is 2.72. The van der Waals surface area contributed by atoms with Crippen LogP contribution in [0.15, 0.2) is 22.9 Å². The third-order valence-electron chi connectivity index (χ3n) is 4.23. The van der Waals surface area contributed by atoms with E-state index in [0.717, 1.165) is 44.2 Å². The molecule has 0 saturated carbocycles. The minimum absolute atomic E-state index is 0.156. The van der Waals surface area contributed by atoms with Crippen molar-refractivity contribution in [3.05, 3.63) is 28.5 Å². The Hall–Kier alpha value is -0.780. The van der Waals surface area contributed by atoms with E-state index in [4.69, 9.17) is 0 Å². The van der Waals surface area contributed by atoms with Crippen LogP contribution < -0.4 is 0 Å². The number of hydrogen-bond acceptors (Lipinski definition) is 4. The first-order valence-electron chi connectivity index (χ1n) is 7.64. The Balaban J connectivity index is 1.53. The highest BCUT2D eigenvalue weighted by molar-refractivity contribution is 7.99. The highest BCUT2D eigenvalue weighted by Crippen LogP contribution is 2.23. The molecule has 1 unspecified atom stereocenters. The molecule has 0 N–H and O–H groups in total. The number of amides is 1. The lowest BCUT2D eigenvalue weighted by molar-refractivity contribution is -0.125. The van der Waals surface area contributed by atoms with Gasteiger partial charge in [-0.3, -0.25) is 9.69 Å². The maximum atomic E-state index is 12.3. The van der Waals surface area contributed by atoms with E-state index in [1.807, 2.05) is 22.4 Å². The zero-order valence-corrected chi connectivity index (χ0v) is 13.9. The normalized spacial score (nSPS) is 24.6. The number of nitrogens with zero attached hydrogens (tertiary/aromatic N) is 2.